The molecule has 1 aliphatic rings. The van der Waals surface area contributed by atoms with Gasteiger partial charge in [-0.25, -0.2) is 13.2 Å². The van der Waals surface area contributed by atoms with E-state index in [2.05, 4.69) is 20.9 Å². The first-order valence-electron chi connectivity index (χ1n) is 10.6. The van der Waals surface area contributed by atoms with Crippen LogP contribution in [0.25, 0.3) is 0 Å². The van der Waals surface area contributed by atoms with Crippen molar-refractivity contribution in [3.63, 3.8) is 0 Å². The van der Waals surface area contributed by atoms with Crippen LogP contribution in [0.2, 0.25) is 0 Å². The summed E-state index contributed by atoms with van der Waals surface area (Å²) in [6.45, 7) is 0.320. The lowest BCUT2D eigenvalue weighted by Crippen LogP contribution is -2.38. The van der Waals surface area contributed by atoms with Gasteiger partial charge in [-0.3, -0.25) is 14.9 Å². The molecule has 0 atom stereocenters. The molecule has 0 radical (unpaired) electrons. The maximum absolute atomic E-state index is 13.0. The smallest absolute Gasteiger partial charge is 0.321 e. The van der Waals surface area contributed by atoms with Crippen molar-refractivity contribution in [1.29, 1.82) is 10.5 Å². The molecule has 0 aliphatic carbocycles. The fourth-order valence-electron chi connectivity index (χ4n) is 3.57. The van der Waals surface area contributed by atoms with E-state index in [9.17, 15) is 22.8 Å². The molecule has 3 N–H and O–H groups in total. The second kappa shape index (κ2) is 11.3. The van der Waals surface area contributed by atoms with Crippen molar-refractivity contribution in [2.24, 2.45) is 0 Å². The van der Waals surface area contributed by atoms with Crippen molar-refractivity contribution in [1.82, 2.24) is 19.8 Å². The Morgan fingerprint density at radius 2 is 1.75 bits per heavy atom. The van der Waals surface area contributed by atoms with Crippen LogP contribution in [-0.4, -0.2) is 69.2 Å². The zero-order chi connectivity index (χ0) is 26.5. The van der Waals surface area contributed by atoms with Gasteiger partial charge in [0.25, 0.3) is 11.8 Å². The lowest BCUT2D eigenvalue weighted by molar-refractivity contribution is 0.0964. The van der Waals surface area contributed by atoms with Crippen LogP contribution < -0.4 is 16.0 Å². The Bertz CT molecular complexity index is 1360. The quantitative estimate of drug-likeness (QED) is 0.447. The molecule has 0 bridgehead atoms. The van der Waals surface area contributed by atoms with Crippen LogP contribution in [0.5, 0.6) is 0 Å². The first-order chi connectivity index (χ1) is 17.1. The summed E-state index contributed by atoms with van der Waals surface area (Å²) in [6, 6.07) is 7.75. The first-order valence-corrected chi connectivity index (χ1v) is 12.9. The molecule has 1 aliphatic heterocycles. The number of hydrogen-bond donors (Lipinski definition) is 3. The molecule has 14 heteroatoms. The van der Waals surface area contributed by atoms with Crippen LogP contribution in [0, 0.1) is 22.7 Å². The molecule has 0 saturated carbocycles. The summed E-state index contributed by atoms with van der Waals surface area (Å²) in [6.07, 6.45) is 0.573. The molecule has 188 valence electrons. The number of hydrogen-bond acceptors (Lipinski definition) is 9. The number of likely N-dealkylation sites (N-methyl/N-ethyl adjacent to an activating group) is 1. The van der Waals surface area contributed by atoms with Crippen LogP contribution in [0.4, 0.5) is 9.80 Å². The number of amides is 4. The van der Waals surface area contributed by atoms with Gasteiger partial charge in [0.05, 0.1) is 22.6 Å². The number of thiophene rings is 1. The van der Waals surface area contributed by atoms with Crippen molar-refractivity contribution in [2.75, 3.05) is 39.0 Å². The van der Waals surface area contributed by atoms with E-state index in [1.807, 2.05) is 7.05 Å². The third kappa shape index (κ3) is 5.69. The Kier molecular flexibility index (Phi) is 8.39. The van der Waals surface area contributed by atoms with Crippen LogP contribution in [-0.2, 0) is 23.0 Å². The second-order valence-corrected chi connectivity index (χ2v) is 10.8. The van der Waals surface area contributed by atoms with Gasteiger partial charge >= 0.3 is 6.03 Å². The standard InChI is InChI=1S/C22H23N7O5S2/c1-25-22(32)27-20(31)18-16-7-10-28(2)13-17(16)35-21(18)26-19(30)14-3-5-15(6-4-14)36(33,34)29(11-8-23)12-9-24/h3-6H,7,10-13H2,1-2H3,(H,26,30)(H2,25,27,31,32). The molecular formula is C22H23N7O5S2. The summed E-state index contributed by atoms with van der Waals surface area (Å²) in [7, 11) is -0.781. The van der Waals surface area contributed by atoms with E-state index in [1.165, 1.54) is 42.6 Å². The number of fused-ring (bicyclic) bond motifs is 1. The Hall–Kier alpha value is -3.82. The normalized spacial score (nSPS) is 13.2. The van der Waals surface area contributed by atoms with Gasteiger partial charge < -0.3 is 15.5 Å². The Labute approximate surface area is 212 Å². The van der Waals surface area contributed by atoms with Gasteiger partial charge in [0.1, 0.15) is 18.1 Å². The number of benzene rings is 1. The van der Waals surface area contributed by atoms with Crippen molar-refractivity contribution in [3.8, 4) is 12.1 Å². The summed E-state index contributed by atoms with van der Waals surface area (Å²) in [5.41, 5.74) is 1.12. The van der Waals surface area contributed by atoms with E-state index < -0.39 is 41.0 Å². The highest BCUT2D eigenvalue weighted by Gasteiger charge is 2.29. The average Bonchev–Trinajstić information content (AvgIpc) is 3.20. The minimum atomic E-state index is -4.10. The maximum Gasteiger partial charge on any atom is 0.321 e. The third-order valence-corrected chi connectivity index (χ3v) is 8.34. The van der Waals surface area contributed by atoms with Crippen LogP contribution in [0.15, 0.2) is 29.2 Å². The number of sulfonamides is 1. The van der Waals surface area contributed by atoms with E-state index in [0.29, 0.717) is 19.5 Å². The zero-order valence-electron chi connectivity index (χ0n) is 19.5. The van der Waals surface area contributed by atoms with Crippen molar-refractivity contribution in [2.45, 2.75) is 17.9 Å². The average molecular weight is 530 g/mol. The van der Waals surface area contributed by atoms with E-state index >= 15 is 0 Å². The number of carbonyl (C=O) groups excluding carboxylic acids is 3. The minimum absolute atomic E-state index is 0.127. The van der Waals surface area contributed by atoms with Crippen LogP contribution in [0.3, 0.4) is 0 Å². The minimum Gasteiger partial charge on any atom is -0.341 e. The molecule has 1 aromatic heterocycles. The molecule has 0 unspecified atom stereocenters. The van der Waals surface area contributed by atoms with Crippen LogP contribution in [0.1, 0.15) is 31.2 Å². The molecule has 12 nitrogen and oxygen atoms in total. The fraction of sp³-hybridized carbons (Fsp3) is 0.318. The van der Waals surface area contributed by atoms with Crippen molar-refractivity contribution in [3.05, 3.63) is 45.8 Å². The molecule has 1 aromatic carbocycles. The monoisotopic (exact) mass is 529 g/mol. The van der Waals surface area contributed by atoms with E-state index in [1.54, 1.807) is 12.1 Å². The van der Waals surface area contributed by atoms with E-state index in [4.69, 9.17) is 10.5 Å². The van der Waals surface area contributed by atoms with Crippen LogP contribution >= 0.6 is 11.3 Å². The van der Waals surface area contributed by atoms with Crippen molar-refractivity contribution >= 4 is 44.2 Å². The van der Waals surface area contributed by atoms with Gasteiger partial charge in [0.2, 0.25) is 10.0 Å². The molecular weight excluding hydrogens is 506 g/mol. The number of anilines is 1. The lowest BCUT2D eigenvalue weighted by atomic mass is 10.0. The second-order valence-electron chi connectivity index (χ2n) is 7.80. The van der Waals surface area contributed by atoms with Gasteiger partial charge in [-0.1, -0.05) is 0 Å². The molecule has 3 rings (SSSR count). The van der Waals surface area contributed by atoms with E-state index in [0.717, 1.165) is 14.7 Å². The Morgan fingerprint density at radius 3 is 2.33 bits per heavy atom. The number of nitrogens with zero attached hydrogens (tertiary/aromatic N) is 4. The SMILES string of the molecule is CNC(=O)NC(=O)c1c(NC(=O)c2ccc(S(=O)(=O)N(CC#N)CC#N)cc2)sc2c1CCN(C)C2. The Balaban J connectivity index is 1.88. The maximum atomic E-state index is 13.0. The lowest BCUT2D eigenvalue weighted by Gasteiger charge is -2.22. The highest BCUT2D eigenvalue weighted by molar-refractivity contribution is 7.89. The fourth-order valence-corrected chi connectivity index (χ4v) is 6.13. The number of nitriles is 2. The summed E-state index contributed by atoms with van der Waals surface area (Å²) < 4.78 is 26.1. The summed E-state index contributed by atoms with van der Waals surface area (Å²) >= 11 is 1.24. The molecule has 2 aromatic rings. The first kappa shape index (κ1) is 26.8. The predicted molar refractivity (Wildman–Crippen MR) is 131 cm³/mol. The van der Waals surface area contributed by atoms with Crippen molar-refractivity contribution < 1.29 is 22.8 Å². The molecule has 0 saturated heterocycles. The molecule has 2 heterocycles. The number of urea groups is 1. The highest BCUT2D eigenvalue weighted by atomic mass is 32.2. The van der Waals surface area contributed by atoms with Gasteiger partial charge in [0, 0.05) is 30.6 Å². The number of imide groups is 1. The zero-order valence-corrected chi connectivity index (χ0v) is 21.1. The largest absolute Gasteiger partial charge is 0.341 e. The number of nitrogens with one attached hydrogen (secondary N) is 3. The molecule has 36 heavy (non-hydrogen) atoms. The summed E-state index contributed by atoms with van der Waals surface area (Å²) in [5, 5.41) is 25.3. The predicted octanol–water partition coefficient (Wildman–Crippen LogP) is 1.10. The highest BCUT2D eigenvalue weighted by Crippen LogP contribution is 2.37. The molecule has 0 fully saturated rings. The molecule has 4 amide bonds. The third-order valence-electron chi connectivity index (χ3n) is 5.40. The summed E-state index contributed by atoms with van der Waals surface area (Å²) in [4.78, 5) is 40.3. The van der Waals surface area contributed by atoms with Gasteiger partial charge in [-0.05, 0) is 43.3 Å². The topological polar surface area (TPSA) is 176 Å². The number of rotatable bonds is 7. The van der Waals surface area contributed by atoms with E-state index in [-0.39, 0.29) is 21.0 Å². The van der Waals surface area contributed by atoms with Gasteiger partial charge in [0.15, 0.2) is 0 Å². The number of carbonyl (C=O) groups is 3. The Morgan fingerprint density at radius 1 is 1.11 bits per heavy atom. The summed E-state index contributed by atoms with van der Waals surface area (Å²) in [5.74, 6) is -1.21. The molecule has 0 spiro atoms. The van der Waals surface area contributed by atoms with Gasteiger partial charge in [-0.2, -0.15) is 14.8 Å². The van der Waals surface area contributed by atoms with Gasteiger partial charge in [-0.15, -0.1) is 11.3 Å².